The summed E-state index contributed by atoms with van der Waals surface area (Å²) in [5.41, 5.74) is 1.62. The van der Waals surface area contributed by atoms with Crippen LogP contribution in [-0.2, 0) is 0 Å². The summed E-state index contributed by atoms with van der Waals surface area (Å²) in [6.07, 6.45) is 4.43. The van der Waals surface area contributed by atoms with E-state index < -0.39 is 0 Å². The van der Waals surface area contributed by atoms with Crippen molar-refractivity contribution in [1.29, 1.82) is 0 Å². The Morgan fingerprint density at radius 2 is 2.18 bits per heavy atom. The highest BCUT2D eigenvalue weighted by Crippen LogP contribution is 2.40. The van der Waals surface area contributed by atoms with Crippen LogP contribution in [0.1, 0.15) is 48.8 Å². The Hall–Kier alpha value is -1.03. The van der Waals surface area contributed by atoms with Gasteiger partial charge in [-0.05, 0) is 45.1 Å². The lowest BCUT2D eigenvalue weighted by molar-refractivity contribution is 0.0937. The molecule has 1 N–H and O–H groups in total. The van der Waals surface area contributed by atoms with Crippen molar-refractivity contribution in [2.75, 3.05) is 6.26 Å². The lowest BCUT2D eigenvalue weighted by atomic mass is 10.2. The van der Waals surface area contributed by atoms with Crippen LogP contribution in [0.4, 0.5) is 0 Å². The number of carbonyl (C=O) groups excluding carboxylic acids is 1. The van der Waals surface area contributed by atoms with Crippen molar-refractivity contribution in [3.63, 3.8) is 0 Å². The SMILES string of the molecule is CSc1cc(C(=O)NC(C)C)nc(C2CC2)c1. The Morgan fingerprint density at radius 1 is 1.47 bits per heavy atom. The molecule has 1 aromatic heterocycles. The van der Waals surface area contributed by atoms with E-state index in [-0.39, 0.29) is 11.9 Å². The summed E-state index contributed by atoms with van der Waals surface area (Å²) in [5, 5.41) is 2.89. The number of hydrogen-bond donors (Lipinski definition) is 1. The maximum Gasteiger partial charge on any atom is 0.270 e. The molecule has 0 bridgehead atoms. The van der Waals surface area contributed by atoms with Crippen LogP contribution in [0.25, 0.3) is 0 Å². The predicted octanol–water partition coefficient (Wildman–Crippen LogP) is 2.82. The number of thioether (sulfide) groups is 1. The first-order valence-electron chi connectivity index (χ1n) is 5.97. The summed E-state index contributed by atoms with van der Waals surface area (Å²) in [6.45, 7) is 3.91. The maximum absolute atomic E-state index is 11.9. The topological polar surface area (TPSA) is 42.0 Å². The van der Waals surface area contributed by atoms with Crippen LogP contribution in [0, 0.1) is 0 Å². The first-order chi connectivity index (χ1) is 8.10. The van der Waals surface area contributed by atoms with Gasteiger partial charge in [-0.3, -0.25) is 4.79 Å². The summed E-state index contributed by atoms with van der Waals surface area (Å²) >= 11 is 1.66. The van der Waals surface area contributed by atoms with E-state index in [0.29, 0.717) is 11.6 Å². The van der Waals surface area contributed by atoms with Gasteiger partial charge in [0, 0.05) is 22.5 Å². The Morgan fingerprint density at radius 3 is 2.71 bits per heavy atom. The van der Waals surface area contributed by atoms with Crippen molar-refractivity contribution < 1.29 is 4.79 Å². The van der Waals surface area contributed by atoms with E-state index in [0.717, 1.165) is 10.6 Å². The molecular formula is C13H18N2OS. The van der Waals surface area contributed by atoms with Gasteiger partial charge in [-0.15, -0.1) is 11.8 Å². The molecule has 4 heteroatoms. The molecule has 3 nitrogen and oxygen atoms in total. The molecule has 1 aliphatic carbocycles. The van der Waals surface area contributed by atoms with Gasteiger partial charge in [0.25, 0.3) is 5.91 Å². The summed E-state index contributed by atoms with van der Waals surface area (Å²) in [7, 11) is 0. The Bertz CT molecular complexity index is 427. The predicted molar refractivity (Wildman–Crippen MR) is 70.6 cm³/mol. The van der Waals surface area contributed by atoms with Gasteiger partial charge in [0.15, 0.2) is 0 Å². The molecule has 0 radical (unpaired) electrons. The molecule has 17 heavy (non-hydrogen) atoms. The summed E-state index contributed by atoms with van der Waals surface area (Å²) < 4.78 is 0. The van der Waals surface area contributed by atoms with Gasteiger partial charge in [0.2, 0.25) is 0 Å². The number of rotatable bonds is 4. The third-order valence-corrected chi connectivity index (χ3v) is 3.41. The molecule has 0 aromatic carbocycles. The minimum absolute atomic E-state index is 0.0715. The Balaban J connectivity index is 2.25. The third kappa shape index (κ3) is 3.22. The van der Waals surface area contributed by atoms with E-state index >= 15 is 0 Å². The maximum atomic E-state index is 11.9. The standard InChI is InChI=1S/C13H18N2OS/c1-8(2)14-13(16)12-7-10(17-3)6-11(15-12)9-4-5-9/h6-9H,4-5H2,1-3H3,(H,14,16). The number of hydrogen-bond acceptors (Lipinski definition) is 3. The van der Waals surface area contributed by atoms with Crippen molar-refractivity contribution in [1.82, 2.24) is 10.3 Å². The van der Waals surface area contributed by atoms with Gasteiger partial charge >= 0.3 is 0 Å². The number of nitrogens with one attached hydrogen (secondary N) is 1. The number of carbonyl (C=O) groups is 1. The molecule has 0 atom stereocenters. The molecule has 92 valence electrons. The van der Waals surface area contributed by atoms with E-state index in [1.807, 2.05) is 26.2 Å². The highest BCUT2D eigenvalue weighted by atomic mass is 32.2. The van der Waals surface area contributed by atoms with Crippen molar-refractivity contribution in [3.05, 3.63) is 23.5 Å². The highest BCUT2D eigenvalue weighted by Gasteiger charge is 2.26. The van der Waals surface area contributed by atoms with Crippen molar-refractivity contribution >= 4 is 17.7 Å². The largest absolute Gasteiger partial charge is 0.349 e. The number of pyridine rings is 1. The molecule has 1 saturated carbocycles. The fourth-order valence-electron chi connectivity index (χ4n) is 1.68. The van der Waals surface area contributed by atoms with Gasteiger partial charge in [-0.25, -0.2) is 4.98 Å². The molecule has 1 heterocycles. The first kappa shape index (κ1) is 12.4. The lowest BCUT2D eigenvalue weighted by Crippen LogP contribution is -2.30. The second-order valence-corrected chi connectivity index (χ2v) is 5.60. The molecule has 1 amide bonds. The summed E-state index contributed by atoms with van der Waals surface area (Å²) in [5.74, 6) is 0.505. The molecule has 0 unspecified atom stereocenters. The van der Waals surface area contributed by atoms with Crippen LogP contribution in [0.15, 0.2) is 17.0 Å². The normalized spacial score (nSPS) is 15.1. The molecule has 2 rings (SSSR count). The van der Waals surface area contributed by atoms with Crippen molar-refractivity contribution in [2.45, 2.75) is 43.5 Å². The van der Waals surface area contributed by atoms with Gasteiger partial charge in [0.1, 0.15) is 5.69 Å². The van der Waals surface area contributed by atoms with Crippen molar-refractivity contribution in [3.8, 4) is 0 Å². The third-order valence-electron chi connectivity index (χ3n) is 2.70. The van der Waals surface area contributed by atoms with E-state index in [4.69, 9.17) is 0 Å². The van der Waals surface area contributed by atoms with Crippen LogP contribution in [0.5, 0.6) is 0 Å². The van der Waals surface area contributed by atoms with Crippen LogP contribution in [0.3, 0.4) is 0 Å². The average molecular weight is 250 g/mol. The average Bonchev–Trinajstić information content (AvgIpc) is 3.11. The molecule has 0 spiro atoms. The van der Waals surface area contributed by atoms with Gasteiger partial charge in [0.05, 0.1) is 0 Å². The Kier molecular flexibility index (Phi) is 3.72. The Labute approximate surface area is 106 Å². The molecule has 1 aliphatic rings. The molecule has 0 saturated heterocycles. The fraction of sp³-hybridized carbons (Fsp3) is 0.538. The van der Waals surface area contributed by atoms with Crippen LogP contribution >= 0.6 is 11.8 Å². The zero-order valence-electron chi connectivity index (χ0n) is 10.5. The lowest BCUT2D eigenvalue weighted by Gasteiger charge is -2.10. The zero-order chi connectivity index (χ0) is 12.4. The quantitative estimate of drug-likeness (QED) is 0.835. The second kappa shape index (κ2) is 5.08. The van der Waals surface area contributed by atoms with Crippen LogP contribution in [0.2, 0.25) is 0 Å². The molecule has 1 aromatic rings. The minimum Gasteiger partial charge on any atom is -0.349 e. The zero-order valence-corrected chi connectivity index (χ0v) is 11.3. The summed E-state index contributed by atoms with van der Waals surface area (Å²) in [4.78, 5) is 17.5. The van der Waals surface area contributed by atoms with Crippen molar-refractivity contribution in [2.24, 2.45) is 0 Å². The fourth-order valence-corrected chi connectivity index (χ4v) is 2.15. The van der Waals surface area contributed by atoms with Gasteiger partial charge in [-0.2, -0.15) is 0 Å². The summed E-state index contributed by atoms with van der Waals surface area (Å²) in [6, 6.07) is 4.12. The highest BCUT2D eigenvalue weighted by molar-refractivity contribution is 7.98. The van der Waals surface area contributed by atoms with E-state index in [9.17, 15) is 4.79 Å². The minimum atomic E-state index is -0.0715. The molecule has 0 aliphatic heterocycles. The van der Waals surface area contributed by atoms with E-state index in [1.54, 1.807) is 11.8 Å². The van der Waals surface area contributed by atoms with Crippen LogP contribution in [-0.4, -0.2) is 23.2 Å². The van der Waals surface area contributed by atoms with E-state index in [1.165, 1.54) is 12.8 Å². The van der Waals surface area contributed by atoms with Crippen LogP contribution < -0.4 is 5.32 Å². The monoisotopic (exact) mass is 250 g/mol. The van der Waals surface area contributed by atoms with Gasteiger partial charge in [-0.1, -0.05) is 0 Å². The number of amides is 1. The number of nitrogens with zero attached hydrogens (tertiary/aromatic N) is 1. The second-order valence-electron chi connectivity index (χ2n) is 4.72. The van der Waals surface area contributed by atoms with Gasteiger partial charge < -0.3 is 5.32 Å². The van der Waals surface area contributed by atoms with E-state index in [2.05, 4.69) is 16.4 Å². The molecule has 1 fully saturated rings. The number of aromatic nitrogens is 1. The molecular weight excluding hydrogens is 232 g/mol. The first-order valence-corrected chi connectivity index (χ1v) is 7.19. The smallest absolute Gasteiger partial charge is 0.270 e.